The minimum absolute atomic E-state index is 0.0610. The van der Waals surface area contributed by atoms with Crippen LogP contribution in [0.25, 0.3) is 11.4 Å². The van der Waals surface area contributed by atoms with Crippen molar-refractivity contribution in [3.63, 3.8) is 0 Å². The molecule has 1 aliphatic carbocycles. The highest BCUT2D eigenvalue weighted by atomic mass is 32.2. The lowest BCUT2D eigenvalue weighted by Gasteiger charge is -2.11. The van der Waals surface area contributed by atoms with Gasteiger partial charge in [0.1, 0.15) is 11.4 Å². The fourth-order valence-corrected chi connectivity index (χ4v) is 4.15. The molecular weight excluding hydrogens is 420 g/mol. The van der Waals surface area contributed by atoms with Gasteiger partial charge in [0.15, 0.2) is 16.8 Å². The summed E-state index contributed by atoms with van der Waals surface area (Å²) >= 11 is 1.16. The number of rotatable bonds is 9. The second-order valence-electron chi connectivity index (χ2n) is 7.15. The van der Waals surface area contributed by atoms with Crippen molar-refractivity contribution in [2.75, 3.05) is 25.2 Å². The van der Waals surface area contributed by atoms with E-state index in [4.69, 9.17) is 10.5 Å². The number of aromatic amines is 1. The summed E-state index contributed by atoms with van der Waals surface area (Å²) in [5.74, 6) is 0.0383. The van der Waals surface area contributed by atoms with Crippen LogP contribution in [0.5, 0.6) is 0 Å². The van der Waals surface area contributed by atoms with E-state index in [1.54, 1.807) is 7.11 Å². The lowest BCUT2D eigenvalue weighted by molar-refractivity contribution is 0.102. The lowest BCUT2D eigenvalue weighted by Crippen LogP contribution is -2.36. The summed E-state index contributed by atoms with van der Waals surface area (Å²) in [6, 6.07) is 9.52. The van der Waals surface area contributed by atoms with Gasteiger partial charge in [-0.25, -0.2) is 4.79 Å². The number of aromatic nitrogens is 5. The molecule has 0 aliphatic heterocycles. The second-order valence-corrected chi connectivity index (χ2v) is 8.09. The van der Waals surface area contributed by atoms with Gasteiger partial charge in [-0.3, -0.25) is 23.7 Å². The number of anilines is 1. The molecule has 0 unspecified atom stereocenters. The van der Waals surface area contributed by atoms with Crippen LogP contribution >= 0.6 is 11.8 Å². The zero-order valence-electron chi connectivity index (χ0n) is 16.9. The first-order chi connectivity index (χ1) is 15.0. The predicted octanol–water partition coefficient (Wildman–Crippen LogP) is 1.33. The Morgan fingerprint density at radius 3 is 2.68 bits per heavy atom. The number of Topliss-reactive ketones (excluding diaryl/α,β-unsaturated/α-hetero) is 1. The topological polar surface area (TPSA) is 138 Å². The van der Waals surface area contributed by atoms with Crippen LogP contribution in [0.2, 0.25) is 0 Å². The van der Waals surface area contributed by atoms with Gasteiger partial charge in [-0.1, -0.05) is 42.1 Å². The van der Waals surface area contributed by atoms with Crippen LogP contribution in [-0.4, -0.2) is 49.6 Å². The Kier molecular flexibility index (Phi) is 6.05. The van der Waals surface area contributed by atoms with Crippen molar-refractivity contribution in [2.24, 2.45) is 0 Å². The number of nitrogen functional groups attached to an aromatic ring is 1. The summed E-state index contributed by atoms with van der Waals surface area (Å²) in [4.78, 5) is 39.4. The van der Waals surface area contributed by atoms with E-state index in [9.17, 15) is 14.4 Å². The summed E-state index contributed by atoms with van der Waals surface area (Å²) < 4.78 is 8.36. The van der Waals surface area contributed by atoms with E-state index in [-0.39, 0.29) is 23.2 Å². The molecule has 2 heterocycles. The molecule has 1 fully saturated rings. The number of H-pyrrole nitrogens is 1. The normalized spacial score (nSPS) is 13.5. The van der Waals surface area contributed by atoms with Gasteiger partial charge >= 0.3 is 5.69 Å². The van der Waals surface area contributed by atoms with E-state index in [1.807, 2.05) is 34.9 Å². The van der Waals surface area contributed by atoms with Gasteiger partial charge in [-0.05, 0) is 12.8 Å². The number of thioether (sulfide) groups is 1. The van der Waals surface area contributed by atoms with E-state index in [2.05, 4.69) is 15.2 Å². The Morgan fingerprint density at radius 1 is 1.26 bits per heavy atom. The summed E-state index contributed by atoms with van der Waals surface area (Å²) in [5.41, 5.74) is 5.39. The Labute approximate surface area is 181 Å². The fourth-order valence-electron chi connectivity index (χ4n) is 3.31. The van der Waals surface area contributed by atoms with Crippen molar-refractivity contribution in [1.29, 1.82) is 0 Å². The number of carbonyl (C=O) groups is 1. The van der Waals surface area contributed by atoms with Gasteiger partial charge < -0.3 is 10.5 Å². The third-order valence-electron chi connectivity index (χ3n) is 4.97. The molecule has 0 radical (unpaired) electrons. The van der Waals surface area contributed by atoms with Crippen LogP contribution in [0.1, 0.15) is 29.2 Å². The summed E-state index contributed by atoms with van der Waals surface area (Å²) in [6.45, 7) is 0.942. The first-order valence-electron chi connectivity index (χ1n) is 9.79. The van der Waals surface area contributed by atoms with Gasteiger partial charge in [0, 0.05) is 18.7 Å². The van der Waals surface area contributed by atoms with Crippen LogP contribution < -0.4 is 17.0 Å². The van der Waals surface area contributed by atoms with E-state index in [1.165, 1.54) is 4.57 Å². The third kappa shape index (κ3) is 4.32. The van der Waals surface area contributed by atoms with Gasteiger partial charge in [0.2, 0.25) is 0 Å². The number of nitrogens with one attached hydrogen (secondary N) is 1. The molecule has 0 atom stereocenters. The van der Waals surface area contributed by atoms with Crippen LogP contribution in [0.3, 0.4) is 0 Å². The van der Waals surface area contributed by atoms with E-state index < -0.39 is 17.0 Å². The number of methoxy groups -OCH3 is 1. The van der Waals surface area contributed by atoms with E-state index in [0.717, 1.165) is 30.2 Å². The van der Waals surface area contributed by atoms with Gasteiger partial charge in [0.25, 0.3) is 5.56 Å². The molecule has 3 aromatic rings. The molecular formula is C20H22N6O4S. The van der Waals surface area contributed by atoms with Crippen LogP contribution in [0, 0.1) is 0 Å². The molecule has 4 rings (SSSR count). The number of nitrogens with zero attached hydrogens (tertiary/aromatic N) is 4. The van der Waals surface area contributed by atoms with E-state index >= 15 is 0 Å². The number of hydrogen-bond donors (Lipinski definition) is 2. The largest absolute Gasteiger partial charge is 0.384 e. The average Bonchev–Trinajstić information content (AvgIpc) is 3.50. The van der Waals surface area contributed by atoms with Gasteiger partial charge in [-0.15, -0.1) is 10.2 Å². The summed E-state index contributed by atoms with van der Waals surface area (Å²) in [6.07, 6.45) is 1.59. The quantitative estimate of drug-likeness (QED) is 0.374. The number of ether oxygens (including phenoxy) is 1. The first-order valence-corrected chi connectivity index (χ1v) is 10.8. The molecule has 1 aromatic carbocycles. The highest BCUT2D eigenvalue weighted by Gasteiger charge is 2.30. The molecule has 0 spiro atoms. The molecule has 1 aliphatic rings. The fraction of sp³-hybridized carbons (Fsp3) is 0.350. The maximum atomic E-state index is 12.8. The molecule has 1 saturated carbocycles. The molecule has 2 aromatic heterocycles. The number of carbonyl (C=O) groups excluding carboxylic acids is 1. The second kappa shape index (κ2) is 8.90. The van der Waals surface area contributed by atoms with Crippen LogP contribution in [0.15, 0.2) is 45.1 Å². The van der Waals surface area contributed by atoms with Crippen molar-refractivity contribution in [3.8, 4) is 11.4 Å². The van der Waals surface area contributed by atoms with E-state index in [0.29, 0.717) is 24.1 Å². The highest BCUT2D eigenvalue weighted by molar-refractivity contribution is 7.99. The number of hydrogen-bond acceptors (Lipinski definition) is 8. The van der Waals surface area contributed by atoms with Gasteiger partial charge in [0.05, 0.1) is 18.9 Å². The molecule has 11 heteroatoms. The molecule has 0 bridgehead atoms. The average molecular weight is 443 g/mol. The maximum Gasteiger partial charge on any atom is 0.330 e. The SMILES string of the molecule is COCCn1c(SCC(=O)c2c(N)n(C3CC3)c(=O)[nH]c2=O)nnc1-c1ccccc1. The Morgan fingerprint density at radius 2 is 2.00 bits per heavy atom. The van der Waals surface area contributed by atoms with Crippen LogP contribution in [0.4, 0.5) is 5.82 Å². The number of nitrogens with two attached hydrogens (primary N) is 1. The number of benzene rings is 1. The minimum atomic E-state index is -0.768. The summed E-state index contributed by atoms with van der Waals surface area (Å²) in [7, 11) is 1.60. The molecule has 162 valence electrons. The van der Waals surface area contributed by atoms with Crippen molar-refractivity contribution in [1.82, 2.24) is 24.3 Å². The molecule has 31 heavy (non-hydrogen) atoms. The minimum Gasteiger partial charge on any atom is -0.384 e. The first kappa shape index (κ1) is 21.1. The zero-order chi connectivity index (χ0) is 22.0. The predicted molar refractivity (Wildman–Crippen MR) is 116 cm³/mol. The van der Waals surface area contributed by atoms with Gasteiger partial charge in [-0.2, -0.15) is 0 Å². The zero-order valence-corrected chi connectivity index (χ0v) is 17.7. The summed E-state index contributed by atoms with van der Waals surface area (Å²) in [5, 5.41) is 9.01. The van der Waals surface area contributed by atoms with Crippen LogP contribution in [-0.2, 0) is 11.3 Å². The van der Waals surface area contributed by atoms with Crippen molar-refractivity contribution in [3.05, 3.63) is 56.7 Å². The number of ketones is 1. The lowest BCUT2D eigenvalue weighted by atomic mass is 10.2. The third-order valence-corrected chi connectivity index (χ3v) is 5.94. The van der Waals surface area contributed by atoms with Crippen molar-refractivity contribution < 1.29 is 9.53 Å². The maximum absolute atomic E-state index is 12.8. The molecule has 0 amide bonds. The van der Waals surface area contributed by atoms with Crippen molar-refractivity contribution in [2.45, 2.75) is 30.6 Å². The highest BCUT2D eigenvalue weighted by Crippen LogP contribution is 2.35. The molecule has 3 N–H and O–H groups in total. The molecule has 10 nitrogen and oxygen atoms in total. The van der Waals surface area contributed by atoms with Crippen molar-refractivity contribution >= 4 is 23.4 Å². The monoisotopic (exact) mass is 442 g/mol. The Bertz CT molecular complexity index is 1210. The standard InChI is InChI=1S/C20H22N6O4S/c1-30-10-9-25-17(12-5-3-2-4-6-12)23-24-20(25)31-11-14(27)15-16(21)26(13-7-8-13)19(29)22-18(15)28/h2-6,13H,7-11,21H2,1H3,(H,22,28,29). The Balaban J connectivity index is 1.59. The Hall–Kier alpha value is -3.18. The molecule has 0 saturated heterocycles. The smallest absolute Gasteiger partial charge is 0.330 e.